The van der Waals surface area contributed by atoms with E-state index in [-0.39, 0.29) is 10.9 Å². The highest BCUT2D eigenvalue weighted by atomic mass is 32.2. The minimum absolute atomic E-state index is 0.00227. The van der Waals surface area contributed by atoms with Gasteiger partial charge in [0.05, 0.1) is 0 Å². The number of nitrogens with one attached hydrogen (secondary N) is 1. The number of sulfonamides is 1. The maximum atomic E-state index is 12.4. The van der Waals surface area contributed by atoms with E-state index in [0.29, 0.717) is 23.3 Å². The molecule has 5 nitrogen and oxygen atoms in total. The summed E-state index contributed by atoms with van der Waals surface area (Å²) in [6, 6.07) is 0.00227. The van der Waals surface area contributed by atoms with Gasteiger partial charge in [0.2, 0.25) is 10.0 Å². The number of nitrogens with zero attached hydrogens (tertiary/aromatic N) is 1. The van der Waals surface area contributed by atoms with Crippen LogP contribution in [0.1, 0.15) is 44.6 Å². The first kappa shape index (κ1) is 14.5. The van der Waals surface area contributed by atoms with E-state index >= 15 is 0 Å². The van der Waals surface area contributed by atoms with Gasteiger partial charge in [-0.25, -0.2) is 13.1 Å². The second-order valence-corrected chi connectivity index (χ2v) is 7.30. The minimum atomic E-state index is -3.54. The lowest BCUT2D eigenvalue weighted by molar-refractivity contribution is 0.227. The van der Waals surface area contributed by atoms with Crippen molar-refractivity contribution in [3.05, 3.63) is 11.5 Å². The van der Waals surface area contributed by atoms with E-state index in [9.17, 15) is 8.42 Å². The lowest BCUT2D eigenvalue weighted by atomic mass is 9.78. The molecule has 0 amide bonds. The van der Waals surface area contributed by atoms with Crippen LogP contribution in [0.2, 0.25) is 0 Å². The molecule has 1 aromatic heterocycles. The van der Waals surface area contributed by atoms with Crippen molar-refractivity contribution in [2.75, 3.05) is 0 Å². The highest BCUT2D eigenvalue weighted by Gasteiger charge is 2.33. The predicted octanol–water partition coefficient (Wildman–Crippen LogP) is 2.39. The molecule has 1 aliphatic rings. The molecular weight excluding hydrogens is 264 g/mol. The van der Waals surface area contributed by atoms with E-state index in [1.807, 2.05) is 0 Å². The van der Waals surface area contributed by atoms with Gasteiger partial charge in [-0.2, -0.15) is 0 Å². The molecule has 1 aromatic rings. The molecule has 1 aliphatic carbocycles. The molecule has 1 fully saturated rings. The zero-order chi connectivity index (χ0) is 14.2. The fraction of sp³-hybridized carbons (Fsp3) is 0.769. The van der Waals surface area contributed by atoms with Crippen LogP contribution in [0.4, 0.5) is 0 Å². The standard InChI is InChI=1S/C13H22N2O3S/c1-8-6-5-7-12(9(8)2)15-19(16,17)13-10(3)14-18-11(13)4/h8-9,12,15H,5-7H2,1-4H3/t8-,9-,12-/m0/s1. The Kier molecular flexibility index (Phi) is 4.01. The lowest BCUT2D eigenvalue weighted by Gasteiger charge is -2.34. The van der Waals surface area contributed by atoms with Crippen LogP contribution in [0.25, 0.3) is 0 Å². The van der Waals surface area contributed by atoms with Gasteiger partial charge in [-0.15, -0.1) is 0 Å². The SMILES string of the molecule is Cc1noc(C)c1S(=O)(=O)N[C@H]1CCC[C@H](C)[C@@H]1C. The van der Waals surface area contributed by atoms with Crippen molar-refractivity contribution in [2.45, 2.75) is 57.9 Å². The molecule has 108 valence electrons. The Hall–Kier alpha value is -0.880. The fourth-order valence-electron chi connectivity index (χ4n) is 2.86. The molecule has 1 saturated carbocycles. The van der Waals surface area contributed by atoms with E-state index in [2.05, 4.69) is 23.7 Å². The Labute approximate surface area is 114 Å². The van der Waals surface area contributed by atoms with Crippen LogP contribution in [-0.2, 0) is 10.0 Å². The van der Waals surface area contributed by atoms with E-state index in [4.69, 9.17) is 4.52 Å². The van der Waals surface area contributed by atoms with Gasteiger partial charge in [-0.1, -0.05) is 31.8 Å². The molecule has 1 heterocycles. The van der Waals surface area contributed by atoms with Crippen LogP contribution in [0, 0.1) is 25.7 Å². The summed E-state index contributed by atoms with van der Waals surface area (Å²) in [5, 5.41) is 3.72. The van der Waals surface area contributed by atoms with Gasteiger partial charge in [-0.05, 0) is 32.1 Å². The van der Waals surface area contributed by atoms with Crippen LogP contribution >= 0.6 is 0 Å². The van der Waals surface area contributed by atoms with Gasteiger partial charge in [0.1, 0.15) is 10.6 Å². The molecule has 1 N–H and O–H groups in total. The van der Waals surface area contributed by atoms with Crippen LogP contribution in [-0.4, -0.2) is 19.6 Å². The molecule has 19 heavy (non-hydrogen) atoms. The highest BCUT2D eigenvalue weighted by Crippen LogP contribution is 2.31. The molecule has 0 spiro atoms. The molecule has 6 heteroatoms. The maximum absolute atomic E-state index is 12.4. The summed E-state index contributed by atoms with van der Waals surface area (Å²) >= 11 is 0. The van der Waals surface area contributed by atoms with E-state index in [1.54, 1.807) is 13.8 Å². The first-order chi connectivity index (χ1) is 8.83. The number of rotatable bonds is 3. The first-order valence-corrected chi connectivity index (χ1v) is 8.26. The number of hydrogen-bond acceptors (Lipinski definition) is 4. The van der Waals surface area contributed by atoms with Gasteiger partial charge in [0.25, 0.3) is 0 Å². The zero-order valence-corrected chi connectivity index (χ0v) is 12.8. The Morgan fingerprint density at radius 3 is 2.53 bits per heavy atom. The van der Waals surface area contributed by atoms with Crippen molar-refractivity contribution in [3.8, 4) is 0 Å². The Bertz CT molecular complexity index is 531. The smallest absolute Gasteiger partial charge is 0.246 e. The maximum Gasteiger partial charge on any atom is 0.246 e. The summed E-state index contributed by atoms with van der Waals surface area (Å²) in [6.45, 7) is 7.57. The molecule has 0 aliphatic heterocycles. The van der Waals surface area contributed by atoms with Crippen molar-refractivity contribution in [1.29, 1.82) is 0 Å². The molecular formula is C13H22N2O3S. The lowest BCUT2D eigenvalue weighted by Crippen LogP contribution is -2.43. The molecule has 0 saturated heterocycles. The van der Waals surface area contributed by atoms with E-state index in [0.717, 1.165) is 12.8 Å². The summed E-state index contributed by atoms with van der Waals surface area (Å²) in [4.78, 5) is 0.193. The van der Waals surface area contributed by atoms with Crippen molar-refractivity contribution < 1.29 is 12.9 Å². The predicted molar refractivity (Wildman–Crippen MR) is 72.3 cm³/mol. The quantitative estimate of drug-likeness (QED) is 0.926. The van der Waals surface area contributed by atoms with Gasteiger partial charge in [-0.3, -0.25) is 0 Å². The van der Waals surface area contributed by atoms with Crippen molar-refractivity contribution in [1.82, 2.24) is 9.88 Å². The van der Waals surface area contributed by atoms with Crippen molar-refractivity contribution >= 4 is 10.0 Å². The average molecular weight is 286 g/mol. The van der Waals surface area contributed by atoms with Crippen LogP contribution in [0.5, 0.6) is 0 Å². The second kappa shape index (κ2) is 5.25. The van der Waals surface area contributed by atoms with Crippen molar-refractivity contribution in [2.24, 2.45) is 11.8 Å². The minimum Gasteiger partial charge on any atom is -0.360 e. The van der Waals surface area contributed by atoms with Gasteiger partial charge < -0.3 is 4.52 Å². The third-order valence-corrected chi connectivity index (χ3v) is 5.98. The number of hydrogen-bond donors (Lipinski definition) is 1. The van der Waals surface area contributed by atoms with E-state index in [1.165, 1.54) is 6.42 Å². The third kappa shape index (κ3) is 2.84. The second-order valence-electron chi connectivity index (χ2n) is 5.65. The summed E-state index contributed by atoms with van der Waals surface area (Å²) < 4.78 is 32.7. The largest absolute Gasteiger partial charge is 0.360 e. The number of aromatic nitrogens is 1. The van der Waals surface area contributed by atoms with Gasteiger partial charge in [0.15, 0.2) is 5.76 Å². The summed E-state index contributed by atoms with van der Waals surface area (Å²) in [6.07, 6.45) is 3.14. The molecule has 3 atom stereocenters. The monoisotopic (exact) mass is 286 g/mol. The van der Waals surface area contributed by atoms with E-state index < -0.39 is 10.0 Å². The summed E-state index contributed by atoms with van der Waals surface area (Å²) in [5.74, 6) is 1.25. The third-order valence-electron chi connectivity index (χ3n) is 4.25. The van der Waals surface area contributed by atoms with Gasteiger partial charge in [0, 0.05) is 6.04 Å². The van der Waals surface area contributed by atoms with Gasteiger partial charge >= 0.3 is 0 Å². The Morgan fingerprint density at radius 2 is 1.95 bits per heavy atom. The molecule has 0 unspecified atom stereocenters. The molecule has 0 aromatic carbocycles. The van der Waals surface area contributed by atoms with Crippen molar-refractivity contribution in [3.63, 3.8) is 0 Å². The Morgan fingerprint density at radius 1 is 1.26 bits per heavy atom. The summed E-state index contributed by atoms with van der Waals surface area (Å²) in [5.41, 5.74) is 0.418. The Balaban J connectivity index is 2.22. The number of aryl methyl sites for hydroxylation is 2. The highest BCUT2D eigenvalue weighted by molar-refractivity contribution is 7.89. The molecule has 0 bridgehead atoms. The van der Waals surface area contributed by atoms with Crippen LogP contribution in [0.15, 0.2) is 9.42 Å². The average Bonchev–Trinajstić information content (AvgIpc) is 2.65. The molecule has 2 rings (SSSR count). The first-order valence-electron chi connectivity index (χ1n) is 6.78. The van der Waals surface area contributed by atoms with Crippen LogP contribution in [0.3, 0.4) is 0 Å². The fourth-order valence-corrected chi connectivity index (χ4v) is 4.56. The zero-order valence-electron chi connectivity index (χ0n) is 11.9. The normalized spacial score (nSPS) is 28.5. The summed E-state index contributed by atoms with van der Waals surface area (Å²) in [7, 11) is -3.54. The molecule has 0 radical (unpaired) electrons. The van der Waals surface area contributed by atoms with Crippen LogP contribution < -0.4 is 4.72 Å². The topological polar surface area (TPSA) is 72.2 Å².